The van der Waals surface area contributed by atoms with E-state index in [1.807, 2.05) is 30.3 Å². The van der Waals surface area contributed by atoms with Crippen molar-refractivity contribution < 1.29 is 15.0 Å². The smallest absolute Gasteiger partial charge is 0.130 e. The Bertz CT molecular complexity index is 315. The van der Waals surface area contributed by atoms with Crippen LogP contribution in [0.3, 0.4) is 0 Å². The Morgan fingerprint density at radius 1 is 1.20 bits per heavy atom. The summed E-state index contributed by atoms with van der Waals surface area (Å²) in [6.45, 7) is 1.00. The van der Waals surface area contributed by atoms with Crippen LogP contribution >= 0.6 is 0 Å². The van der Waals surface area contributed by atoms with Crippen molar-refractivity contribution in [2.24, 2.45) is 0 Å². The molecular formula is C12H16O3. The van der Waals surface area contributed by atoms with Crippen LogP contribution in [0.4, 0.5) is 0 Å². The lowest BCUT2D eigenvalue weighted by Crippen LogP contribution is -2.36. The van der Waals surface area contributed by atoms with Gasteiger partial charge in [0.05, 0.1) is 13.2 Å². The average molecular weight is 208 g/mol. The first-order chi connectivity index (χ1) is 7.14. The summed E-state index contributed by atoms with van der Waals surface area (Å²) in [6.07, 6.45) is 0.157. The van der Waals surface area contributed by atoms with Crippen LogP contribution < -0.4 is 0 Å². The molecule has 0 atom stereocenters. The molecule has 0 saturated heterocycles. The van der Waals surface area contributed by atoms with E-state index in [9.17, 15) is 15.0 Å². The third kappa shape index (κ3) is 2.64. The molecule has 0 aliphatic carbocycles. The van der Waals surface area contributed by atoms with Crippen LogP contribution in [0.15, 0.2) is 30.3 Å². The van der Waals surface area contributed by atoms with Gasteiger partial charge in [0, 0.05) is 11.8 Å². The zero-order valence-electron chi connectivity index (χ0n) is 8.81. The number of aliphatic hydroxyl groups excluding tert-OH is 2. The molecule has 0 fully saturated rings. The van der Waals surface area contributed by atoms with Gasteiger partial charge in [-0.25, -0.2) is 0 Å². The number of carbonyl (C=O) groups is 1. The van der Waals surface area contributed by atoms with Crippen LogP contribution in [0.25, 0.3) is 0 Å². The van der Waals surface area contributed by atoms with Crippen molar-refractivity contribution in [3.05, 3.63) is 35.9 Å². The SMILES string of the molecule is CC(=O)CC(CO)(CO)c1ccccc1. The van der Waals surface area contributed by atoms with Gasteiger partial charge in [0.25, 0.3) is 0 Å². The number of hydrogen-bond acceptors (Lipinski definition) is 3. The van der Waals surface area contributed by atoms with E-state index in [2.05, 4.69) is 0 Å². The molecule has 0 aromatic heterocycles. The van der Waals surface area contributed by atoms with E-state index in [4.69, 9.17) is 0 Å². The van der Waals surface area contributed by atoms with Crippen molar-refractivity contribution in [1.29, 1.82) is 0 Å². The summed E-state index contributed by atoms with van der Waals surface area (Å²) in [7, 11) is 0. The van der Waals surface area contributed by atoms with Crippen LogP contribution in [-0.4, -0.2) is 29.2 Å². The van der Waals surface area contributed by atoms with Crippen LogP contribution in [0.5, 0.6) is 0 Å². The summed E-state index contributed by atoms with van der Waals surface area (Å²) in [6, 6.07) is 9.15. The largest absolute Gasteiger partial charge is 0.395 e. The predicted molar refractivity (Wildman–Crippen MR) is 57.6 cm³/mol. The Morgan fingerprint density at radius 3 is 2.13 bits per heavy atom. The summed E-state index contributed by atoms with van der Waals surface area (Å²) in [5, 5.41) is 18.7. The van der Waals surface area contributed by atoms with Crippen molar-refractivity contribution in [3.8, 4) is 0 Å². The Balaban J connectivity index is 3.05. The topological polar surface area (TPSA) is 57.5 Å². The molecule has 0 bridgehead atoms. The van der Waals surface area contributed by atoms with E-state index in [1.54, 1.807) is 0 Å². The van der Waals surface area contributed by atoms with E-state index in [0.29, 0.717) is 0 Å². The van der Waals surface area contributed by atoms with Crippen molar-refractivity contribution >= 4 is 5.78 Å². The van der Waals surface area contributed by atoms with Gasteiger partial charge < -0.3 is 10.2 Å². The number of benzene rings is 1. The summed E-state index contributed by atoms with van der Waals surface area (Å²) in [4.78, 5) is 11.1. The van der Waals surface area contributed by atoms with Gasteiger partial charge in [-0.3, -0.25) is 4.79 Å². The molecule has 3 nitrogen and oxygen atoms in total. The van der Waals surface area contributed by atoms with E-state index in [-0.39, 0.29) is 25.4 Å². The molecule has 1 aromatic rings. The zero-order chi connectivity index (χ0) is 11.3. The molecule has 15 heavy (non-hydrogen) atoms. The maximum absolute atomic E-state index is 11.1. The van der Waals surface area contributed by atoms with E-state index in [0.717, 1.165) is 5.56 Å². The second kappa shape index (κ2) is 5.05. The number of hydrogen-bond donors (Lipinski definition) is 2. The normalized spacial score (nSPS) is 11.4. The Kier molecular flexibility index (Phi) is 4.00. The van der Waals surface area contributed by atoms with Crippen molar-refractivity contribution in [3.63, 3.8) is 0 Å². The highest BCUT2D eigenvalue weighted by Gasteiger charge is 2.32. The molecule has 0 saturated carbocycles. The van der Waals surface area contributed by atoms with E-state index >= 15 is 0 Å². The molecule has 82 valence electrons. The number of aliphatic hydroxyl groups is 2. The minimum Gasteiger partial charge on any atom is -0.395 e. The summed E-state index contributed by atoms with van der Waals surface area (Å²) in [5.41, 5.74) is -0.0437. The van der Waals surface area contributed by atoms with E-state index < -0.39 is 5.41 Å². The Morgan fingerprint density at radius 2 is 1.73 bits per heavy atom. The lowest BCUT2D eigenvalue weighted by Gasteiger charge is -2.29. The number of rotatable bonds is 5. The molecule has 1 aromatic carbocycles. The first-order valence-electron chi connectivity index (χ1n) is 4.91. The van der Waals surface area contributed by atoms with Gasteiger partial charge >= 0.3 is 0 Å². The van der Waals surface area contributed by atoms with Crippen LogP contribution in [-0.2, 0) is 10.2 Å². The monoisotopic (exact) mass is 208 g/mol. The highest BCUT2D eigenvalue weighted by Crippen LogP contribution is 2.27. The van der Waals surface area contributed by atoms with Crippen molar-refractivity contribution in [2.75, 3.05) is 13.2 Å². The summed E-state index contributed by atoms with van der Waals surface area (Å²) < 4.78 is 0. The quantitative estimate of drug-likeness (QED) is 0.755. The minimum absolute atomic E-state index is 0.0399. The molecule has 3 heteroatoms. The van der Waals surface area contributed by atoms with Crippen molar-refractivity contribution in [1.82, 2.24) is 0 Å². The minimum atomic E-state index is -0.840. The van der Waals surface area contributed by atoms with E-state index in [1.165, 1.54) is 6.92 Å². The molecule has 2 N–H and O–H groups in total. The van der Waals surface area contributed by atoms with Gasteiger partial charge in [0.15, 0.2) is 0 Å². The fourth-order valence-corrected chi connectivity index (χ4v) is 1.71. The number of Topliss-reactive ketones (excluding diaryl/α,β-unsaturated/α-hetero) is 1. The third-order valence-electron chi connectivity index (χ3n) is 2.58. The van der Waals surface area contributed by atoms with Crippen molar-refractivity contribution in [2.45, 2.75) is 18.8 Å². The first kappa shape index (κ1) is 11.9. The molecule has 0 radical (unpaired) electrons. The molecular weight excluding hydrogens is 192 g/mol. The predicted octanol–water partition coefficient (Wildman–Crippen LogP) is 0.888. The Hall–Kier alpha value is -1.19. The Labute approximate surface area is 89.4 Å². The van der Waals surface area contributed by atoms with Crippen LogP contribution in [0.1, 0.15) is 18.9 Å². The fraction of sp³-hybridized carbons (Fsp3) is 0.417. The van der Waals surface area contributed by atoms with Crippen LogP contribution in [0.2, 0.25) is 0 Å². The van der Waals surface area contributed by atoms with Gasteiger partial charge in [-0.1, -0.05) is 30.3 Å². The van der Waals surface area contributed by atoms with Crippen LogP contribution in [0, 0.1) is 0 Å². The molecule has 0 unspecified atom stereocenters. The molecule has 0 spiro atoms. The lowest BCUT2D eigenvalue weighted by atomic mass is 9.78. The summed E-state index contributed by atoms with van der Waals surface area (Å²) in [5.74, 6) is -0.0399. The zero-order valence-corrected chi connectivity index (χ0v) is 8.81. The third-order valence-corrected chi connectivity index (χ3v) is 2.58. The molecule has 0 heterocycles. The molecule has 0 aliphatic heterocycles. The highest BCUT2D eigenvalue weighted by molar-refractivity contribution is 5.77. The standard InChI is InChI=1S/C12H16O3/c1-10(15)7-12(8-13,9-14)11-5-3-2-4-6-11/h2-6,13-14H,7-9H2,1H3. The first-order valence-corrected chi connectivity index (χ1v) is 4.91. The number of carbonyl (C=O) groups excluding carboxylic acids is 1. The van der Waals surface area contributed by atoms with Gasteiger partial charge in [-0.05, 0) is 12.5 Å². The maximum atomic E-state index is 11.1. The second-order valence-electron chi connectivity index (χ2n) is 3.84. The molecule has 0 aliphatic rings. The van der Waals surface area contributed by atoms with Gasteiger partial charge in [-0.15, -0.1) is 0 Å². The molecule has 1 rings (SSSR count). The second-order valence-corrected chi connectivity index (χ2v) is 3.84. The van der Waals surface area contributed by atoms with Gasteiger partial charge in [0.2, 0.25) is 0 Å². The fourth-order valence-electron chi connectivity index (χ4n) is 1.71. The van der Waals surface area contributed by atoms with Gasteiger partial charge in [0.1, 0.15) is 5.78 Å². The number of ketones is 1. The maximum Gasteiger partial charge on any atom is 0.130 e. The lowest BCUT2D eigenvalue weighted by molar-refractivity contribution is -0.119. The average Bonchev–Trinajstić information content (AvgIpc) is 2.27. The highest BCUT2D eigenvalue weighted by atomic mass is 16.3. The molecule has 0 amide bonds. The summed E-state index contributed by atoms with van der Waals surface area (Å²) >= 11 is 0. The van der Waals surface area contributed by atoms with Gasteiger partial charge in [-0.2, -0.15) is 0 Å².